The molecule has 0 saturated carbocycles. The van der Waals surface area contributed by atoms with Crippen LogP contribution in [-0.2, 0) is 15.6 Å². The molecule has 1 atom stereocenters. The normalized spacial score (nSPS) is 21.6. The van der Waals surface area contributed by atoms with Crippen LogP contribution in [0.4, 0.5) is 0 Å². The maximum Gasteiger partial charge on any atom is 0.213 e. The van der Waals surface area contributed by atoms with Gasteiger partial charge in [0.1, 0.15) is 11.6 Å². The van der Waals surface area contributed by atoms with E-state index in [4.69, 9.17) is 11.8 Å². The van der Waals surface area contributed by atoms with Crippen LogP contribution in [0.15, 0.2) is 40.0 Å². The number of nitrogens with two attached hydrogens (primary N) is 1. The molecule has 1 aromatic carbocycles. The van der Waals surface area contributed by atoms with E-state index in [0.29, 0.717) is 5.82 Å². The number of benzene rings is 1. The Morgan fingerprint density at radius 1 is 1.59 bits per heavy atom. The Kier molecular flexibility index (Phi) is 4.04. The minimum Gasteiger partial charge on any atom is -0.496 e. The fourth-order valence-corrected chi connectivity index (χ4v) is 2.92. The number of hydrogen-bond acceptors (Lipinski definition) is 7. The summed E-state index contributed by atoms with van der Waals surface area (Å²) in [6, 6.07) is 2.59. The Morgan fingerprint density at radius 2 is 2.32 bits per heavy atom. The number of nitrogens with zero attached hydrogens (tertiary/aromatic N) is 1. The molecule has 0 saturated heterocycles. The van der Waals surface area contributed by atoms with E-state index in [2.05, 4.69) is 15.6 Å². The van der Waals surface area contributed by atoms with Crippen molar-refractivity contribution < 1.29 is 14.5 Å². The predicted molar refractivity (Wildman–Crippen MR) is 85.4 cm³/mol. The van der Waals surface area contributed by atoms with Gasteiger partial charge < -0.3 is 15.4 Å². The predicted octanol–water partition coefficient (Wildman–Crippen LogP) is 0.293. The van der Waals surface area contributed by atoms with Crippen molar-refractivity contribution in [1.82, 2.24) is 10.6 Å². The van der Waals surface area contributed by atoms with Crippen LogP contribution in [0.1, 0.15) is 13.9 Å². The number of methoxy groups -OCH3 is 1. The summed E-state index contributed by atoms with van der Waals surface area (Å²) in [6.45, 7) is 1.54. The summed E-state index contributed by atoms with van der Waals surface area (Å²) >= 11 is 0. The molecule has 8 heteroatoms. The molecule has 120 valence electrons. The zero-order valence-corrected chi connectivity index (χ0v) is 13.5. The van der Waals surface area contributed by atoms with E-state index < -0.39 is 15.6 Å². The van der Waals surface area contributed by atoms with E-state index in [1.54, 1.807) is 20.0 Å². The number of ether oxygens (including phenoxy) is 1. The minimum absolute atomic E-state index is 0.0168. The van der Waals surface area contributed by atoms with Gasteiger partial charge in [0.25, 0.3) is 0 Å². The molecule has 2 rings (SSSR count). The third-order valence-corrected chi connectivity index (χ3v) is 5.06. The SMILES string of the molecule is [2H]c1cc(S(=O)(=O)CC)cc(C2(N)N=CC=C(NC)N2)c1OC. The van der Waals surface area contributed by atoms with E-state index in [0.717, 1.165) is 0 Å². The molecule has 0 amide bonds. The number of sulfone groups is 1. The van der Waals surface area contributed by atoms with Crippen LogP contribution >= 0.6 is 0 Å². The summed E-state index contributed by atoms with van der Waals surface area (Å²) in [5.41, 5.74) is 6.57. The minimum atomic E-state index is -3.49. The van der Waals surface area contributed by atoms with E-state index in [1.807, 2.05) is 0 Å². The Morgan fingerprint density at radius 3 is 2.91 bits per heavy atom. The molecule has 22 heavy (non-hydrogen) atoms. The summed E-state index contributed by atoms with van der Waals surface area (Å²) in [5.74, 6) is -0.730. The summed E-state index contributed by atoms with van der Waals surface area (Å²) in [4.78, 5) is 4.21. The molecule has 1 unspecified atom stereocenters. The fraction of sp³-hybridized carbons (Fsp3) is 0.357. The van der Waals surface area contributed by atoms with Crippen molar-refractivity contribution in [3.63, 3.8) is 0 Å². The van der Waals surface area contributed by atoms with Gasteiger partial charge in [-0.25, -0.2) is 13.4 Å². The fourth-order valence-electron chi connectivity index (χ4n) is 2.05. The second-order valence-electron chi connectivity index (χ2n) is 4.69. The van der Waals surface area contributed by atoms with Crippen LogP contribution in [0.25, 0.3) is 0 Å². The lowest BCUT2D eigenvalue weighted by atomic mass is 10.1. The van der Waals surface area contributed by atoms with Gasteiger partial charge in [0.15, 0.2) is 9.84 Å². The molecular formula is C14H20N4O3S. The van der Waals surface area contributed by atoms with E-state index in [-0.39, 0.29) is 28.0 Å². The lowest BCUT2D eigenvalue weighted by Gasteiger charge is -2.32. The third kappa shape index (κ3) is 2.93. The van der Waals surface area contributed by atoms with Gasteiger partial charge in [-0.05, 0) is 24.3 Å². The number of hydrogen-bond donors (Lipinski definition) is 3. The van der Waals surface area contributed by atoms with Crippen molar-refractivity contribution in [3.05, 3.63) is 35.6 Å². The van der Waals surface area contributed by atoms with Crippen LogP contribution in [-0.4, -0.2) is 34.5 Å². The molecule has 0 spiro atoms. The van der Waals surface area contributed by atoms with Crippen molar-refractivity contribution >= 4 is 16.1 Å². The standard InChI is InChI=1S/C14H20N4O3S/c1-4-22(19,20)10-5-6-12(21-3)11(9-10)14(15)17-8-7-13(16-2)18-14/h5-9,16,18H,4,15H2,1-3H3/i6D. The lowest BCUT2D eigenvalue weighted by Crippen LogP contribution is -2.52. The van der Waals surface area contributed by atoms with Gasteiger partial charge in [-0.15, -0.1) is 0 Å². The van der Waals surface area contributed by atoms with Gasteiger partial charge in [-0.3, -0.25) is 5.73 Å². The highest BCUT2D eigenvalue weighted by Gasteiger charge is 2.33. The third-order valence-electron chi connectivity index (χ3n) is 3.34. The quantitative estimate of drug-likeness (QED) is 0.719. The average Bonchev–Trinajstić information content (AvgIpc) is 2.54. The molecular weight excluding hydrogens is 304 g/mol. The van der Waals surface area contributed by atoms with Gasteiger partial charge in [-0.1, -0.05) is 6.92 Å². The topological polar surface area (TPSA) is 106 Å². The molecule has 1 aliphatic rings. The largest absolute Gasteiger partial charge is 0.496 e. The summed E-state index contributed by atoms with van der Waals surface area (Å²) in [5, 5.41) is 5.88. The molecule has 1 aliphatic heterocycles. The van der Waals surface area contributed by atoms with Crippen LogP contribution < -0.4 is 21.1 Å². The Hall–Kier alpha value is -2.06. The smallest absolute Gasteiger partial charge is 0.213 e. The van der Waals surface area contributed by atoms with E-state index in [1.165, 1.54) is 25.5 Å². The average molecular weight is 325 g/mol. The lowest BCUT2D eigenvalue weighted by molar-refractivity contribution is 0.348. The molecule has 7 nitrogen and oxygen atoms in total. The van der Waals surface area contributed by atoms with Crippen LogP contribution in [0.2, 0.25) is 0 Å². The first-order chi connectivity index (χ1) is 10.8. The highest BCUT2D eigenvalue weighted by atomic mass is 32.2. The first kappa shape index (κ1) is 14.9. The molecule has 0 fully saturated rings. The van der Waals surface area contributed by atoms with Crippen LogP contribution in [0.5, 0.6) is 5.75 Å². The second-order valence-corrected chi connectivity index (χ2v) is 6.96. The Balaban J connectivity index is 2.66. The summed E-state index contributed by atoms with van der Waals surface area (Å²) in [6.07, 6.45) is 3.19. The Labute approximate surface area is 131 Å². The number of allylic oxidation sites excluding steroid dienone is 1. The number of aliphatic imine (C=N–C) groups is 1. The molecule has 4 N–H and O–H groups in total. The van der Waals surface area contributed by atoms with Crippen molar-refractivity contribution in [2.24, 2.45) is 10.7 Å². The number of rotatable bonds is 5. The van der Waals surface area contributed by atoms with Gasteiger partial charge >= 0.3 is 0 Å². The van der Waals surface area contributed by atoms with Crippen molar-refractivity contribution in [3.8, 4) is 5.75 Å². The molecule has 1 aromatic rings. The van der Waals surface area contributed by atoms with Gasteiger partial charge in [0, 0.05) is 13.3 Å². The molecule has 0 aliphatic carbocycles. The monoisotopic (exact) mass is 325 g/mol. The molecule has 0 aromatic heterocycles. The Bertz CT molecular complexity index is 776. The molecule has 0 bridgehead atoms. The second kappa shape index (κ2) is 5.98. The maximum atomic E-state index is 12.2. The van der Waals surface area contributed by atoms with E-state index in [9.17, 15) is 8.42 Å². The van der Waals surface area contributed by atoms with Crippen molar-refractivity contribution in [2.45, 2.75) is 17.6 Å². The van der Waals surface area contributed by atoms with Crippen molar-refractivity contribution in [1.29, 1.82) is 0 Å². The van der Waals surface area contributed by atoms with Gasteiger partial charge in [-0.2, -0.15) is 0 Å². The van der Waals surface area contributed by atoms with Gasteiger partial charge in [0.05, 0.1) is 24.7 Å². The van der Waals surface area contributed by atoms with E-state index >= 15 is 0 Å². The maximum absolute atomic E-state index is 12.2. The van der Waals surface area contributed by atoms with Crippen molar-refractivity contribution in [2.75, 3.05) is 19.9 Å². The first-order valence-corrected chi connectivity index (χ1v) is 8.35. The summed E-state index contributed by atoms with van der Waals surface area (Å²) in [7, 11) is -0.383. The first-order valence-electron chi connectivity index (χ1n) is 7.19. The highest BCUT2D eigenvalue weighted by molar-refractivity contribution is 7.91. The zero-order chi connectivity index (χ0) is 17.3. The molecule has 1 heterocycles. The number of nitrogens with one attached hydrogen (secondary N) is 2. The summed E-state index contributed by atoms with van der Waals surface area (Å²) < 4.78 is 37.6. The molecule has 0 radical (unpaired) electrons. The van der Waals surface area contributed by atoms with Gasteiger partial charge in [0.2, 0.25) is 5.79 Å². The highest BCUT2D eigenvalue weighted by Crippen LogP contribution is 2.31. The van der Waals surface area contributed by atoms with Crippen LogP contribution in [0.3, 0.4) is 0 Å². The zero-order valence-electron chi connectivity index (χ0n) is 13.7. The van der Waals surface area contributed by atoms with Crippen LogP contribution in [0, 0.1) is 0 Å².